The maximum atomic E-state index is 13.5. The van der Waals surface area contributed by atoms with Gasteiger partial charge in [0.2, 0.25) is 10.0 Å². The van der Waals surface area contributed by atoms with Crippen LogP contribution in [0, 0.1) is 5.82 Å². The molecule has 0 aliphatic heterocycles. The minimum Gasteiger partial charge on any atom is -0.478 e. The van der Waals surface area contributed by atoms with Crippen molar-refractivity contribution in [3.8, 4) is 0 Å². The largest absolute Gasteiger partial charge is 0.478 e. The van der Waals surface area contributed by atoms with Gasteiger partial charge in [0.1, 0.15) is 5.82 Å². The highest BCUT2D eigenvalue weighted by molar-refractivity contribution is 7.89. The summed E-state index contributed by atoms with van der Waals surface area (Å²) >= 11 is 5.48. The van der Waals surface area contributed by atoms with Crippen molar-refractivity contribution in [3.63, 3.8) is 0 Å². The molecule has 3 N–H and O–H groups in total. The summed E-state index contributed by atoms with van der Waals surface area (Å²) in [5, 5.41) is 11.1. The molecule has 6 nitrogen and oxygen atoms in total. The van der Waals surface area contributed by atoms with Crippen molar-refractivity contribution in [2.24, 2.45) is 0 Å². The molecule has 0 aromatic heterocycles. The summed E-state index contributed by atoms with van der Waals surface area (Å²) in [5.74, 6) is -2.59. The highest BCUT2D eigenvalue weighted by atomic mass is 35.5. The zero-order chi connectivity index (χ0) is 15.3. The second kappa shape index (κ2) is 6.98. The third-order valence-electron chi connectivity index (χ3n) is 2.44. The molecule has 0 aliphatic rings. The van der Waals surface area contributed by atoms with E-state index in [4.69, 9.17) is 16.7 Å². The fourth-order valence-corrected chi connectivity index (χ4v) is 2.73. The van der Waals surface area contributed by atoms with Gasteiger partial charge < -0.3 is 10.4 Å². The van der Waals surface area contributed by atoms with Gasteiger partial charge in [-0.05, 0) is 32.1 Å². The Morgan fingerprint density at radius 3 is 2.60 bits per heavy atom. The van der Waals surface area contributed by atoms with Gasteiger partial charge in [0.15, 0.2) is 0 Å². The van der Waals surface area contributed by atoms with E-state index in [1.807, 2.05) is 0 Å². The van der Waals surface area contributed by atoms with Crippen LogP contribution in [0.2, 0.25) is 5.02 Å². The number of carboxylic acid groups (broad SMARTS) is 1. The van der Waals surface area contributed by atoms with Crippen LogP contribution < -0.4 is 10.0 Å². The molecule has 0 amide bonds. The summed E-state index contributed by atoms with van der Waals surface area (Å²) < 4.78 is 39.5. The Labute approximate surface area is 121 Å². The summed E-state index contributed by atoms with van der Waals surface area (Å²) in [6.07, 6.45) is 0.539. The van der Waals surface area contributed by atoms with Crippen LogP contribution in [-0.4, -0.2) is 39.6 Å². The topological polar surface area (TPSA) is 95.5 Å². The zero-order valence-electron chi connectivity index (χ0n) is 10.6. The van der Waals surface area contributed by atoms with E-state index in [0.29, 0.717) is 19.0 Å². The van der Waals surface area contributed by atoms with Crippen molar-refractivity contribution < 1.29 is 22.7 Å². The standard InChI is InChI=1S/C11H14ClFN2O4S/c1-14-3-2-4-15-20(18,19)7-5-8(11(16)17)10(12)9(13)6-7/h5-6,14-15H,2-4H2,1H3,(H,16,17). The van der Waals surface area contributed by atoms with Gasteiger partial charge in [-0.1, -0.05) is 11.6 Å². The number of carboxylic acids is 1. The van der Waals surface area contributed by atoms with Crippen LogP contribution in [-0.2, 0) is 10.0 Å². The van der Waals surface area contributed by atoms with Gasteiger partial charge in [-0.2, -0.15) is 0 Å². The number of aromatic carboxylic acids is 1. The fraction of sp³-hybridized carbons (Fsp3) is 0.364. The summed E-state index contributed by atoms with van der Waals surface area (Å²) in [5.41, 5.74) is -0.595. The number of carbonyl (C=O) groups is 1. The van der Waals surface area contributed by atoms with Crippen molar-refractivity contribution in [2.75, 3.05) is 20.1 Å². The molecular formula is C11H14ClFN2O4S. The molecule has 0 saturated carbocycles. The maximum Gasteiger partial charge on any atom is 0.337 e. The van der Waals surface area contributed by atoms with E-state index in [1.165, 1.54) is 0 Å². The monoisotopic (exact) mass is 324 g/mol. The van der Waals surface area contributed by atoms with Crippen molar-refractivity contribution in [3.05, 3.63) is 28.5 Å². The van der Waals surface area contributed by atoms with Crippen LogP contribution >= 0.6 is 11.6 Å². The van der Waals surface area contributed by atoms with Gasteiger partial charge in [0.25, 0.3) is 0 Å². The lowest BCUT2D eigenvalue weighted by molar-refractivity contribution is 0.0696. The number of hydrogen-bond donors (Lipinski definition) is 3. The molecule has 0 aliphatic carbocycles. The second-order valence-electron chi connectivity index (χ2n) is 3.93. The van der Waals surface area contributed by atoms with Crippen LogP contribution in [0.4, 0.5) is 4.39 Å². The minimum atomic E-state index is -3.98. The number of rotatable bonds is 7. The van der Waals surface area contributed by atoms with E-state index in [9.17, 15) is 17.6 Å². The van der Waals surface area contributed by atoms with Crippen LogP contribution in [0.5, 0.6) is 0 Å². The zero-order valence-corrected chi connectivity index (χ0v) is 12.2. The van der Waals surface area contributed by atoms with E-state index in [1.54, 1.807) is 7.05 Å². The Hall–Kier alpha value is -1.22. The van der Waals surface area contributed by atoms with Crippen molar-refractivity contribution in [1.82, 2.24) is 10.0 Å². The first-order valence-electron chi connectivity index (χ1n) is 5.66. The molecule has 0 fully saturated rings. The highest BCUT2D eigenvalue weighted by Gasteiger charge is 2.21. The summed E-state index contributed by atoms with van der Waals surface area (Å²) in [6, 6.07) is 1.52. The number of benzene rings is 1. The molecule has 0 unspecified atom stereocenters. The Morgan fingerprint density at radius 1 is 1.40 bits per heavy atom. The molecule has 0 saturated heterocycles. The first-order chi connectivity index (χ1) is 9.29. The predicted octanol–water partition coefficient (Wildman–Crippen LogP) is 1.07. The number of nitrogens with one attached hydrogen (secondary N) is 2. The van der Waals surface area contributed by atoms with Crippen LogP contribution in [0.3, 0.4) is 0 Å². The van der Waals surface area contributed by atoms with Crippen LogP contribution in [0.1, 0.15) is 16.8 Å². The van der Waals surface area contributed by atoms with E-state index in [-0.39, 0.29) is 6.54 Å². The molecule has 0 atom stereocenters. The third-order valence-corrected chi connectivity index (χ3v) is 4.26. The van der Waals surface area contributed by atoms with Gasteiger partial charge in [-0.25, -0.2) is 22.3 Å². The van der Waals surface area contributed by atoms with Crippen molar-refractivity contribution in [1.29, 1.82) is 0 Å². The first kappa shape index (κ1) is 16.8. The molecule has 1 rings (SSSR count). The smallest absolute Gasteiger partial charge is 0.337 e. The minimum absolute atomic E-state index is 0.149. The molecule has 1 aromatic carbocycles. The Bertz CT molecular complexity index is 607. The van der Waals surface area contributed by atoms with Gasteiger partial charge >= 0.3 is 5.97 Å². The second-order valence-corrected chi connectivity index (χ2v) is 6.07. The quantitative estimate of drug-likeness (QED) is 0.652. The van der Waals surface area contributed by atoms with Gasteiger partial charge in [0.05, 0.1) is 15.5 Å². The third kappa shape index (κ3) is 4.14. The van der Waals surface area contributed by atoms with E-state index in [0.717, 1.165) is 6.07 Å². The average molecular weight is 325 g/mol. The normalized spacial score (nSPS) is 11.6. The first-order valence-corrected chi connectivity index (χ1v) is 7.52. The van der Waals surface area contributed by atoms with Gasteiger partial charge in [0, 0.05) is 6.54 Å². The van der Waals surface area contributed by atoms with Crippen molar-refractivity contribution >= 4 is 27.6 Å². The number of sulfonamides is 1. The molecule has 112 valence electrons. The number of hydrogen-bond acceptors (Lipinski definition) is 4. The van der Waals surface area contributed by atoms with E-state index in [2.05, 4.69) is 10.0 Å². The molecule has 0 spiro atoms. The summed E-state index contributed by atoms with van der Waals surface area (Å²) in [4.78, 5) is 10.4. The lowest BCUT2D eigenvalue weighted by Crippen LogP contribution is -2.27. The van der Waals surface area contributed by atoms with E-state index < -0.39 is 37.3 Å². The number of halogens is 2. The average Bonchev–Trinajstić information content (AvgIpc) is 2.37. The molecular weight excluding hydrogens is 311 g/mol. The lowest BCUT2D eigenvalue weighted by Gasteiger charge is -2.09. The van der Waals surface area contributed by atoms with Crippen LogP contribution in [0.25, 0.3) is 0 Å². The Morgan fingerprint density at radius 2 is 2.05 bits per heavy atom. The summed E-state index contributed by atoms with van der Waals surface area (Å²) in [6.45, 7) is 0.758. The molecule has 1 aromatic rings. The maximum absolute atomic E-state index is 13.5. The molecule has 9 heteroatoms. The van der Waals surface area contributed by atoms with E-state index >= 15 is 0 Å². The van der Waals surface area contributed by atoms with Crippen molar-refractivity contribution in [2.45, 2.75) is 11.3 Å². The molecule has 0 radical (unpaired) electrons. The highest BCUT2D eigenvalue weighted by Crippen LogP contribution is 2.24. The van der Waals surface area contributed by atoms with Crippen LogP contribution in [0.15, 0.2) is 17.0 Å². The lowest BCUT2D eigenvalue weighted by atomic mass is 10.2. The molecule has 0 bridgehead atoms. The molecule has 20 heavy (non-hydrogen) atoms. The Kier molecular flexibility index (Phi) is 5.88. The molecule has 0 heterocycles. The SMILES string of the molecule is CNCCCNS(=O)(=O)c1cc(F)c(Cl)c(C(=O)O)c1. The summed E-state index contributed by atoms with van der Waals surface area (Å²) in [7, 11) is -2.25. The van der Waals surface area contributed by atoms with Gasteiger partial charge in [-0.15, -0.1) is 0 Å². The van der Waals surface area contributed by atoms with Gasteiger partial charge in [-0.3, -0.25) is 0 Å². The Balaban J connectivity index is 3.04. The predicted molar refractivity (Wildman–Crippen MR) is 72.1 cm³/mol. The fourth-order valence-electron chi connectivity index (χ4n) is 1.43.